The van der Waals surface area contributed by atoms with E-state index in [0.29, 0.717) is 15.6 Å². The predicted molar refractivity (Wildman–Crippen MR) is 81.3 cm³/mol. The Morgan fingerprint density at radius 2 is 1.80 bits per heavy atom. The van der Waals surface area contributed by atoms with Crippen LogP contribution in [-0.4, -0.2) is 11.1 Å². The third kappa shape index (κ3) is 1.84. The Bertz CT molecular complexity index is 776. The average molecular weight is 305 g/mol. The summed E-state index contributed by atoms with van der Waals surface area (Å²) in [7, 11) is 0. The molecule has 4 heteroatoms. The maximum absolute atomic E-state index is 11.1. The van der Waals surface area contributed by atoms with E-state index in [4.69, 9.17) is 28.3 Å². The van der Waals surface area contributed by atoms with Gasteiger partial charge in [0.25, 0.3) is 0 Å². The molecule has 3 rings (SSSR count). The summed E-state index contributed by atoms with van der Waals surface area (Å²) in [6, 6.07) is 9.30. The summed E-state index contributed by atoms with van der Waals surface area (Å²) in [5.74, 6) is -0.980. The second kappa shape index (κ2) is 4.65. The molecule has 0 fully saturated rings. The van der Waals surface area contributed by atoms with Crippen molar-refractivity contribution >= 4 is 34.7 Å². The van der Waals surface area contributed by atoms with Crippen molar-refractivity contribution in [1.29, 1.82) is 0 Å². The van der Waals surface area contributed by atoms with Gasteiger partial charge < -0.3 is 5.11 Å². The molecule has 2 aromatic rings. The monoisotopic (exact) mass is 304 g/mol. The number of aryl methyl sites for hydroxylation is 1. The van der Waals surface area contributed by atoms with E-state index in [1.165, 1.54) is 6.08 Å². The zero-order chi connectivity index (χ0) is 14.4. The molecule has 1 aliphatic rings. The Labute approximate surface area is 126 Å². The molecule has 0 amide bonds. The number of fused-ring (bicyclic) bond motifs is 3. The Morgan fingerprint density at radius 1 is 1.10 bits per heavy atom. The van der Waals surface area contributed by atoms with Gasteiger partial charge in [0.15, 0.2) is 0 Å². The molecule has 2 nitrogen and oxygen atoms in total. The molecule has 0 spiro atoms. The van der Waals surface area contributed by atoms with E-state index < -0.39 is 5.97 Å². The molecule has 2 aromatic carbocycles. The largest absolute Gasteiger partial charge is 0.478 e. The van der Waals surface area contributed by atoms with E-state index >= 15 is 0 Å². The van der Waals surface area contributed by atoms with E-state index in [2.05, 4.69) is 0 Å². The Hall–Kier alpha value is -1.77. The van der Waals surface area contributed by atoms with Crippen molar-refractivity contribution in [2.75, 3.05) is 0 Å². The SMILES string of the molecule is Cc1cccc2c1-c1c(ccc(Cl)c1Cl)/C2=C/C(=O)O. The van der Waals surface area contributed by atoms with Crippen LogP contribution in [-0.2, 0) is 4.79 Å². The first kappa shape index (κ1) is 13.2. The molecular formula is C16H10Cl2O2. The minimum Gasteiger partial charge on any atom is -0.478 e. The Morgan fingerprint density at radius 3 is 2.50 bits per heavy atom. The quantitative estimate of drug-likeness (QED) is 0.656. The summed E-state index contributed by atoms with van der Waals surface area (Å²) in [5, 5.41) is 10.0. The molecular weight excluding hydrogens is 295 g/mol. The number of carbonyl (C=O) groups is 1. The summed E-state index contributed by atoms with van der Waals surface area (Å²) in [6.45, 7) is 1.98. The Balaban J connectivity index is 2.45. The molecule has 0 aromatic heterocycles. The van der Waals surface area contributed by atoms with Crippen molar-refractivity contribution in [2.45, 2.75) is 6.92 Å². The number of carboxylic acids is 1. The summed E-state index contributed by atoms with van der Waals surface area (Å²) < 4.78 is 0. The van der Waals surface area contributed by atoms with Crippen LogP contribution in [0.1, 0.15) is 16.7 Å². The standard InChI is InChI=1S/C16H10Cl2O2/c1-8-3-2-4-9-11(7-13(19)20)10-5-6-12(17)16(18)15(10)14(8)9/h2-7H,1H3,(H,19,20)/b11-7+. The third-order valence-corrected chi connectivity index (χ3v) is 4.27. The molecule has 100 valence electrons. The van der Waals surface area contributed by atoms with Gasteiger partial charge in [-0.15, -0.1) is 0 Å². The van der Waals surface area contributed by atoms with Crippen molar-refractivity contribution in [3.8, 4) is 11.1 Å². The average Bonchev–Trinajstić information content (AvgIpc) is 2.70. The highest BCUT2D eigenvalue weighted by Gasteiger charge is 2.28. The molecule has 0 aliphatic heterocycles. The van der Waals surface area contributed by atoms with Gasteiger partial charge in [0.1, 0.15) is 0 Å². The van der Waals surface area contributed by atoms with Gasteiger partial charge in [0.05, 0.1) is 10.0 Å². The molecule has 20 heavy (non-hydrogen) atoms. The van der Waals surface area contributed by atoms with Crippen molar-refractivity contribution in [2.24, 2.45) is 0 Å². The van der Waals surface area contributed by atoms with Crippen LogP contribution in [0.5, 0.6) is 0 Å². The first-order valence-electron chi connectivity index (χ1n) is 6.04. The van der Waals surface area contributed by atoms with Gasteiger partial charge in [-0.2, -0.15) is 0 Å². The number of benzene rings is 2. The van der Waals surface area contributed by atoms with Gasteiger partial charge >= 0.3 is 5.97 Å². The van der Waals surface area contributed by atoms with Crippen LogP contribution in [0.15, 0.2) is 36.4 Å². The fourth-order valence-electron chi connectivity index (χ4n) is 2.67. The van der Waals surface area contributed by atoms with Crippen LogP contribution in [0, 0.1) is 6.92 Å². The van der Waals surface area contributed by atoms with Crippen LogP contribution in [0.25, 0.3) is 16.7 Å². The Kier molecular flexibility index (Phi) is 3.08. The summed E-state index contributed by atoms with van der Waals surface area (Å²) >= 11 is 12.4. The van der Waals surface area contributed by atoms with Crippen molar-refractivity contribution < 1.29 is 9.90 Å². The molecule has 0 bridgehead atoms. The lowest BCUT2D eigenvalue weighted by molar-refractivity contribution is -0.131. The lowest BCUT2D eigenvalue weighted by Crippen LogP contribution is -1.91. The molecule has 1 N–H and O–H groups in total. The molecule has 0 radical (unpaired) electrons. The normalized spacial score (nSPS) is 14.2. The first-order chi connectivity index (χ1) is 9.50. The number of rotatable bonds is 1. The van der Waals surface area contributed by atoms with Crippen molar-refractivity contribution in [1.82, 2.24) is 0 Å². The summed E-state index contributed by atoms with van der Waals surface area (Å²) in [6.07, 6.45) is 1.22. The zero-order valence-corrected chi connectivity index (χ0v) is 12.1. The smallest absolute Gasteiger partial charge is 0.328 e. The number of hydrogen-bond donors (Lipinski definition) is 1. The van der Waals surface area contributed by atoms with Gasteiger partial charge in [-0.3, -0.25) is 0 Å². The van der Waals surface area contributed by atoms with Crippen LogP contribution >= 0.6 is 23.2 Å². The molecule has 1 aliphatic carbocycles. The minimum atomic E-state index is -0.980. The maximum Gasteiger partial charge on any atom is 0.328 e. The fraction of sp³-hybridized carbons (Fsp3) is 0.0625. The molecule has 0 atom stereocenters. The van der Waals surface area contributed by atoms with Gasteiger partial charge in [0.2, 0.25) is 0 Å². The number of halogens is 2. The minimum absolute atomic E-state index is 0.466. The lowest BCUT2D eigenvalue weighted by atomic mass is 10.0. The molecule has 0 saturated carbocycles. The zero-order valence-electron chi connectivity index (χ0n) is 10.6. The number of carboxylic acid groups (broad SMARTS) is 1. The molecule has 0 unspecified atom stereocenters. The van der Waals surface area contributed by atoms with E-state index in [1.807, 2.05) is 31.2 Å². The van der Waals surface area contributed by atoms with Crippen molar-refractivity contribution in [3.05, 3.63) is 63.1 Å². The third-order valence-electron chi connectivity index (χ3n) is 3.47. The van der Waals surface area contributed by atoms with Crippen molar-refractivity contribution in [3.63, 3.8) is 0 Å². The molecule has 0 saturated heterocycles. The van der Waals surface area contributed by atoms with Gasteiger partial charge in [-0.05, 0) is 40.8 Å². The predicted octanol–water partition coefficient (Wildman–Crippen LogP) is 4.80. The highest BCUT2D eigenvalue weighted by atomic mass is 35.5. The number of hydrogen-bond acceptors (Lipinski definition) is 1. The van der Waals surface area contributed by atoms with E-state index in [0.717, 1.165) is 27.8 Å². The van der Waals surface area contributed by atoms with Crippen LogP contribution in [0.3, 0.4) is 0 Å². The van der Waals surface area contributed by atoms with Crippen LogP contribution in [0.2, 0.25) is 10.0 Å². The second-order valence-corrected chi connectivity index (χ2v) is 5.46. The van der Waals surface area contributed by atoms with E-state index in [1.54, 1.807) is 6.07 Å². The molecule has 0 heterocycles. The second-order valence-electron chi connectivity index (χ2n) is 4.68. The summed E-state index contributed by atoms with van der Waals surface area (Å²) in [4.78, 5) is 11.1. The van der Waals surface area contributed by atoms with Gasteiger partial charge in [0, 0.05) is 11.6 Å². The number of aliphatic carboxylic acids is 1. The van der Waals surface area contributed by atoms with Gasteiger partial charge in [-0.1, -0.05) is 47.5 Å². The van der Waals surface area contributed by atoms with Gasteiger partial charge in [-0.25, -0.2) is 4.79 Å². The maximum atomic E-state index is 11.1. The highest BCUT2D eigenvalue weighted by Crippen LogP contribution is 2.50. The van der Waals surface area contributed by atoms with E-state index in [9.17, 15) is 4.79 Å². The lowest BCUT2D eigenvalue weighted by Gasteiger charge is -2.07. The fourth-order valence-corrected chi connectivity index (χ4v) is 3.08. The first-order valence-corrected chi connectivity index (χ1v) is 6.79. The van der Waals surface area contributed by atoms with Crippen LogP contribution < -0.4 is 0 Å². The topological polar surface area (TPSA) is 37.3 Å². The van der Waals surface area contributed by atoms with E-state index in [-0.39, 0.29) is 0 Å². The van der Waals surface area contributed by atoms with Crippen LogP contribution in [0.4, 0.5) is 0 Å². The summed E-state index contributed by atoms with van der Waals surface area (Å²) in [5.41, 5.74) is 5.19. The highest BCUT2D eigenvalue weighted by molar-refractivity contribution is 6.44.